The maximum Gasteiger partial charge on any atom is 0.156 e. The number of rotatable bonds is 1. The maximum atomic E-state index is 4.48. The quantitative estimate of drug-likeness (QED) is 0.722. The van der Waals surface area contributed by atoms with E-state index in [1.54, 1.807) is 0 Å². The van der Waals surface area contributed by atoms with Crippen LogP contribution in [0.1, 0.15) is 24.5 Å². The monoisotopic (exact) mass is 321 g/mol. The first-order chi connectivity index (χ1) is 8.93. The molecule has 1 aliphatic heterocycles. The lowest BCUT2D eigenvalue weighted by atomic mass is 9.96. The smallest absolute Gasteiger partial charge is 0.156 e. The third-order valence-corrected chi connectivity index (χ3v) is 3.79. The maximum absolute atomic E-state index is 4.48. The average molecular weight is 322 g/mol. The Kier molecular flexibility index (Phi) is 3.28. The van der Waals surface area contributed by atoms with E-state index in [1.165, 1.54) is 18.5 Å². The molecule has 0 bridgehead atoms. The Morgan fingerprint density at radius 2 is 2.21 bits per heavy atom. The zero-order valence-electron chi connectivity index (χ0n) is 10.5. The van der Waals surface area contributed by atoms with Crippen LogP contribution < -0.4 is 5.32 Å². The predicted octanol–water partition coefficient (Wildman–Crippen LogP) is 2.26. The summed E-state index contributed by atoms with van der Waals surface area (Å²) < 4.78 is 2.23. The normalized spacial score (nSPS) is 19.7. The van der Waals surface area contributed by atoms with Crippen molar-refractivity contribution in [1.82, 2.24) is 24.7 Å². The van der Waals surface area contributed by atoms with Crippen molar-refractivity contribution in [3.63, 3.8) is 0 Å². The molecule has 3 aromatic heterocycles. The summed E-state index contributed by atoms with van der Waals surface area (Å²) in [5.74, 6) is 0.550. The van der Waals surface area contributed by atoms with Gasteiger partial charge in [-0.3, -0.25) is 4.40 Å². The standard InChI is InChI=1S/C13H15N5.BrH/c1-2-9(6-14-4-1)11-7-16-12-8-17-13-10(18(11)12)3-5-15-13;/h3,5,7-9,14-15H,1-2,4,6H2;1H/t9-;/m0./s1. The molecule has 4 rings (SSSR count). The summed E-state index contributed by atoms with van der Waals surface area (Å²) in [4.78, 5) is 12.0. The fourth-order valence-electron chi connectivity index (χ4n) is 2.88. The minimum absolute atomic E-state index is 0. The van der Waals surface area contributed by atoms with Crippen LogP contribution in [0, 0.1) is 0 Å². The molecule has 6 heteroatoms. The minimum Gasteiger partial charge on any atom is -0.345 e. The summed E-state index contributed by atoms with van der Waals surface area (Å²) in [5, 5.41) is 3.47. The summed E-state index contributed by atoms with van der Waals surface area (Å²) >= 11 is 0. The highest BCUT2D eigenvalue weighted by molar-refractivity contribution is 8.93. The van der Waals surface area contributed by atoms with Crippen molar-refractivity contribution in [2.75, 3.05) is 13.1 Å². The number of hydrogen-bond acceptors (Lipinski definition) is 3. The summed E-state index contributed by atoms with van der Waals surface area (Å²) in [6, 6.07) is 2.07. The topological polar surface area (TPSA) is 58.0 Å². The molecule has 1 atom stereocenters. The Morgan fingerprint density at radius 1 is 1.26 bits per heavy atom. The van der Waals surface area contributed by atoms with E-state index in [4.69, 9.17) is 0 Å². The van der Waals surface area contributed by atoms with Crippen LogP contribution in [0.2, 0.25) is 0 Å². The van der Waals surface area contributed by atoms with Crippen molar-refractivity contribution in [3.05, 3.63) is 30.4 Å². The van der Waals surface area contributed by atoms with E-state index in [2.05, 4.69) is 30.7 Å². The van der Waals surface area contributed by atoms with Gasteiger partial charge in [-0.05, 0) is 25.5 Å². The molecule has 0 unspecified atom stereocenters. The highest BCUT2D eigenvalue weighted by Crippen LogP contribution is 2.26. The molecule has 2 N–H and O–H groups in total. The lowest BCUT2D eigenvalue weighted by Gasteiger charge is -2.22. The molecule has 0 radical (unpaired) electrons. The molecule has 19 heavy (non-hydrogen) atoms. The number of nitrogens with zero attached hydrogens (tertiary/aromatic N) is 3. The Balaban J connectivity index is 0.00000110. The first-order valence-corrected chi connectivity index (χ1v) is 6.43. The van der Waals surface area contributed by atoms with Crippen molar-refractivity contribution in [2.24, 2.45) is 0 Å². The van der Waals surface area contributed by atoms with Gasteiger partial charge in [0.25, 0.3) is 0 Å². The first-order valence-electron chi connectivity index (χ1n) is 6.43. The molecule has 0 aromatic carbocycles. The molecule has 1 aliphatic rings. The molecule has 1 saturated heterocycles. The average Bonchev–Trinajstić information content (AvgIpc) is 3.05. The number of H-pyrrole nitrogens is 1. The number of piperidine rings is 1. The molecule has 0 saturated carbocycles. The van der Waals surface area contributed by atoms with E-state index in [-0.39, 0.29) is 17.0 Å². The van der Waals surface area contributed by atoms with Crippen molar-refractivity contribution in [1.29, 1.82) is 0 Å². The summed E-state index contributed by atoms with van der Waals surface area (Å²) in [6.45, 7) is 2.18. The third-order valence-electron chi connectivity index (χ3n) is 3.79. The van der Waals surface area contributed by atoms with E-state index >= 15 is 0 Å². The van der Waals surface area contributed by atoms with Crippen LogP contribution >= 0.6 is 17.0 Å². The number of aromatic amines is 1. The van der Waals surface area contributed by atoms with Gasteiger partial charge in [0.15, 0.2) is 11.3 Å². The lowest BCUT2D eigenvalue weighted by Crippen LogP contribution is -2.29. The molecule has 0 aliphatic carbocycles. The van der Waals surface area contributed by atoms with Gasteiger partial charge < -0.3 is 10.3 Å². The fraction of sp³-hybridized carbons (Fsp3) is 0.385. The molecular formula is C13H16BrN5. The number of halogens is 1. The molecule has 4 heterocycles. The number of imidazole rings is 1. The molecule has 5 nitrogen and oxygen atoms in total. The first kappa shape index (κ1) is 12.6. The van der Waals surface area contributed by atoms with Crippen LogP contribution in [-0.4, -0.2) is 32.4 Å². The Hall–Kier alpha value is -1.40. The molecular weight excluding hydrogens is 306 g/mol. The van der Waals surface area contributed by atoms with E-state index < -0.39 is 0 Å². The van der Waals surface area contributed by atoms with Crippen LogP contribution in [0.25, 0.3) is 16.8 Å². The van der Waals surface area contributed by atoms with Crippen molar-refractivity contribution in [3.8, 4) is 0 Å². The third kappa shape index (κ3) is 1.95. The second-order valence-electron chi connectivity index (χ2n) is 4.89. The van der Waals surface area contributed by atoms with Gasteiger partial charge >= 0.3 is 0 Å². The number of hydrogen-bond donors (Lipinski definition) is 2. The van der Waals surface area contributed by atoms with Crippen molar-refractivity contribution in [2.45, 2.75) is 18.8 Å². The highest BCUT2D eigenvalue weighted by Gasteiger charge is 2.20. The van der Waals surface area contributed by atoms with Gasteiger partial charge in [-0.1, -0.05) is 0 Å². The number of aromatic nitrogens is 4. The van der Waals surface area contributed by atoms with Crippen LogP contribution in [0.15, 0.2) is 24.7 Å². The second kappa shape index (κ2) is 4.94. The van der Waals surface area contributed by atoms with Gasteiger partial charge in [0.05, 0.1) is 11.7 Å². The second-order valence-corrected chi connectivity index (χ2v) is 4.89. The van der Waals surface area contributed by atoms with E-state index in [9.17, 15) is 0 Å². The van der Waals surface area contributed by atoms with Gasteiger partial charge in [0.2, 0.25) is 0 Å². The molecule has 3 aromatic rings. The fourth-order valence-corrected chi connectivity index (χ4v) is 2.88. The van der Waals surface area contributed by atoms with Gasteiger partial charge in [-0.25, -0.2) is 9.97 Å². The zero-order chi connectivity index (χ0) is 11.9. The van der Waals surface area contributed by atoms with E-state index in [1.807, 2.05) is 18.6 Å². The van der Waals surface area contributed by atoms with Crippen LogP contribution in [0.3, 0.4) is 0 Å². The largest absolute Gasteiger partial charge is 0.345 e. The van der Waals surface area contributed by atoms with Crippen LogP contribution in [0.5, 0.6) is 0 Å². The number of nitrogens with one attached hydrogen (secondary N) is 2. The van der Waals surface area contributed by atoms with Gasteiger partial charge in [0, 0.05) is 30.6 Å². The molecule has 1 fully saturated rings. The minimum atomic E-state index is 0. The zero-order valence-corrected chi connectivity index (χ0v) is 12.2. The summed E-state index contributed by atoms with van der Waals surface area (Å²) in [5.41, 5.74) is 4.27. The van der Waals surface area contributed by atoms with E-state index in [0.29, 0.717) is 5.92 Å². The highest BCUT2D eigenvalue weighted by atomic mass is 79.9. The van der Waals surface area contributed by atoms with Gasteiger partial charge in [0.1, 0.15) is 0 Å². The summed E-state index contributed by atoms with van der Waals surface area (Å²) in [6.07, 6.45) is 8.23. The van der Waals surface area contributed by atoms with Gasteiger partial charge in [-0.15, -0.1) is 17.0 Å². The number of fused-ring (bicyclic) bond motifs is 3. The van der Waals surface area contributed by atoms with Crippen LogP contribution in [-0.2, 0) is 0 Å². The molecule has 100 valence electrons. The Bertz CT molecular complexity index is 695. The predicted molar refractivity (Wildman–Crippen MR) is 80.0 cm³/mol. The molecule has 0 amide bonds. The summed E-state index contributed by atoms with van der Waals surface area (Å²) in [7, 11) is 0. The SMILES string of the molecule is Br.c1cc2c(ncc3ncc([C@H]4CCCNC4)n32)[nH]1. The molecule has 0 spiro atoms. The van der Waals surface area contributed by atoms with Crippen molar-refractivity contribution < 1.29 is 0 Å². The Labute approximate surface area is 121 Å². The van der Waals surface area contributed by atoms with Crippen molar-refractivity contribution >= 4 is 33.8 Å². The van der Waals surface area contributed by atoms with E-state index in [0.717, 1.165) is 29.9 Å². The van der Waals surface area contributed by atoms with Crippen LogP contribution in [0.4, 0.5) is 0 Å². The Morgan fingerprint density at radius 3 is 3.05 bits per heavy atom. The lowest BCUT2D eigenvalue weighted by molar-refractivity contribution is 0.454. The van der Waals surface area contributed by atoms with Gasteiger partial charge in [-0.2, -0.15) is 0 Å².